The molecular formula is C29H30F3NO8. The van der Waals surface area contributed by atoms with Crippen LogP contribution in [0.15, 0.2) is 66.7 Å². The molecule has 1 aliphatic heterocycles. The van der Waals surface area contributed by atoms with Gasteiger partial charge in [0.25, 0.3) is 0 Å². The fraction of sp³-hybridized carbons (Fsp3) is 0.310. The summed E-state index contributed by atoms with van der Waals surface area (Å²) in [5.41, 5.74) is 3.43. The highest BCUT2D eigenvalue weighted by molar-refractivity contribution is 5.88. The molecule has 4 N–H and O–H groups in total. The molecule has 3 aromatic rings. The van der Waals surface area contributed by atoms with Crippen LogP contribution in [0.25, 0.3) is 11.1 Å². The number of aliphatic hydroxyl groups is 1. The summed E-state index contributed by atoms with van der Waals surface area (Å²) in [4.78, 5) is 19.9. The van der Waals surface area contributed by atoms with Crippen LogP contribution < -0.4 is 19.5 Å². The van der Waals surface area contributed by atoms with E-state index in [4.69, 9.17) is 29.2 Å². The number of methoxy groups -OCH3 is 1. The first-order chi connectivity index (χ1) is 19.5. The van der Waals surface area contributed by atoms with Gasteiger partial charge in [0.15, 0.2) is 0 Å². The number of fused-ring (bicyclic) bond motifs is 1. The van der Waals surface area contributed by atoms with Crippen molar-refractivity contribution in [1.82, 2.24) is 5.32 Å². The van der Waals surface area contributed by atoms with Gasteiger partial charge in [-0.1, -0.05) is 18.2 Å². The Labute approximate surface area is 234 Å². The molecule has 41 heavy (non-hydrogen) atoms. The summed E-state index contributed by atoms with van der Waals surface area (Å²) in [7, 11) is 1.61. The number of carbonyl (C=O) groups is 2. The Morgan fingerprint density at radius 2 is 1.61 bits per heavy atom. The van der Waals surface area contributed by atoms with Crippen molar-refractivity contribution in [2.75, 3.05) is 26.8 Å². The maximum atomic E-state index is 11.0. The Balaban J connectivity index is 0.000000587. The van der Waals surface area contributed by atoms with Crippen LogP contribution in [0.5, 0.6) is 17.2 Å². The Morgan fingerprint density at radius 3 is 2.20 bits per heavy atom. The molecule has 1 unspecified atom stereocenters. The van der Waals surface area contributed by atoms with Gasteiger partial charge in [-0.2, -0.15) is 13.2 Å². The molecule has 4 rings (SSSR count). The number of aryl methyl sites for hydroxylation is 1. The maximum Gasteiger partial charge on any atom is 0.490 e. The summed E-state index contributed by atoms with van der Waals surface area (Å²) in [5, 5.41) is 29.7. The SMILES string of the molecule is COc1ccc(OCC(O)CNC[C@H]2CCc3cc(-c4ccc(C(=O)O)cc4)ccc3O2)cc1.O=C(O)C(F)(F)F. The fourth-order valence-electron chi connectivity index (χ4n) is 3.91. The summed E-state index contributed by atoms with van der Waals surface area (Å²) >= 11 is 0. The van der Waals surface area contributed by atoms with Crippen molar-refractivity contribution in [3.8, 4) is 28.4 Å². The van der Waals surface area contributed by atoms with Crippen molar-refractivity contribution in [2.45, 2.75) is 31.2 Å². The lowest BCUT2D eigenvalue weighted by atomic mass is 9.96. The predicted molar refractivity (Wildman–Crippen MR) is 143 cm³/mol. The van der Waals surface area contributed by atoms with Crippen LogP contribution in [0, 0.1) is 0 Å². The number of benzene rings is 3. The molecule has 0 radical (unpaired) electrons. The van der Waals surface area contributed by atoms with E-state index in [-0.39, 0.29) is 18.3 Å². The number of halogens is 3. The fourth-order valence-corrected chi connectivity index (χ4v) is 3.91. The van der Waals surface area contributed by atoms with E-state index in [1.807, 2.05) is 48.5 Å². The van der Waals surface area contributed by atoms with Gasteiger partial charge in [-0.05, 0) is 78.1 Å². The average Bonchev–Trinajstić information content (AvgIpc) is 2.96. The molecule has 12 heteroatoms. The number of aliphatic carboxylic acids is 1. The lowest BCUT2D eigenvalue weighted by molar-refractivity contribution is -0.192. The third-order valence-electron chi connectivity index (χ3n) is 6.05. The number of aromatic carboxylic acids is 1. The second kappa shape index (κ2) is 14.4. The van der Waals surface area contributed by atoms with Crippen LogP contribution in [-0.2, 0) is 11.2 Å². The van der Waals surface area contributed by atoms with Crippen LogP contribution >= 0.6 is 0 Å². The van der Waals surface area contributed by atoms with E-state index in [1.54, 1.807) is 19.2 Å². The lowest BCUT2D eigenvalue weighted by Crippen LogP contribution is -2.39. The smallest absolute Gasteiger partial charge is 0.490 e. The minimum absolute atomic E-state index is 0.0305. The standard InChI is InChI=1S/C27H29NO6.C2HF3O2/c1-32-23-9-11-24(12-10-23)33-17-22(29)15-28-16-25-8-6-21-14-20(7-13-26(21)34-25)18-2-4-19(5-3-18)27(30)31;3-2(4,5)1(6)7/h2-5,7,9-14,22,25,28-29H,6,8,15-17H2,1H3,(H,30,31);(H,6,7)/t22?,25-;/m1./s1. The molecule has 3 aromatic carbocycles. The molecule has 0 saturated carbocycles. The zero-order valence-electron chi connectivity index (χ0n) is 22.1. The Morgan fingerprint density at radius 1 is 1.00 bits per heavy atom. The van der Waals surface area contributed by atoms with Gasteiger partial charge >= 0.3 is 18.1 Å². The van der Waals surface area contributed by atoms with Gasteiger partial charge in [-0.15, -0.1) is 0 Å². The third kappa shape index (κ3) is 9.69. The number of hydrogen-bond donors (Lipinski definition) is 4. The first-order valence-corrected chi connectivity index (χ1v) is 12.6. The van der Waals surface area contributed by atoms with Crippen LogP contribution in [0.1, 0.15) is 22.3 Å². The molecule has 0 aliphatic carbocycles. The first-order valence-electron chi connectivity index (χ1n) is 12.6. The van der Waals surface area contributed by atoms with E-state index in [2.05, 4.69) is 11.4 Å². The van der Waals surface area contributed by atoms with Gasteiger partial charge in [0, 0.05) is 13.1 Å². The number of hydrogen-bond acceptors (Lipinski definition) is 7. The van der Waals surface area contributed by atoms with E-state index < -0.39 is 24.2 Å². The van der Waals surface area contributed by atoms with Gasteiger partial charge in [0.1, 0.15) is 36.1 Å². The number of nitrogens with one attached hydrogen (secondary N) is 1. The normalized spacial score (nSPS) is 14.9. The highest BCUT2D eigenvalue weighted by Gasteiger charge is 2.38. The lowest BCUT2D eigenvalue weighted by Gasteiger charge is -2.27. The zero-order chi connectivity index (χ0) is 30.0. The molecule has 1 aliphatic rings. The van der Waals surface area contributed by atoms with Crippen molar-refractivity contribution in [2.24, 2.45) is 0 Å². The van der Waals surface area contributed by atoms with Crippen LogP contribution in [0.2, 0.25) is 0 Å². The van der Waals surface area contributed by atoms with Gasteiger partial charge in [0.05, 0.1) is 12.7 Å². The zero-order valence-corrected chi connectivity index (χ0v) is 22.1. The quantitative estimate of drug-likeness (QED) is 0.276. The Kier molecular flexibility index (Phi) is 11.0. The second-order valence-electron chi connectivity index (χ2n) is 9.09. The number of rotatable bonds is 10. The van der Waals surface area contributed by atoms with Crippen molar-refractivity contribution in [3.63, 3.8) is 0 Å². The third-order valence-corrected chi connectivity index (χ3v) is 6.05. The second-order valence-corrected chi connectivity index (χ2v) is 9.09. The van der Waals surface area contributed by atoms with E-state index in [0.29, 0.717) is 18.8 Å². The van der Waals surface area contributed by atoms with E-state index >= 15 is 0 Å². The van der Waals surface area contributed by atoms with Crippen LogP contribution in [-0.4, -0.2) is 72.4 Å². The van der Waals surface area contributed by atoms with Gasteiger partial charge in [-0.25, -0.2) is 9.59 Å². The van der Waals surface area contributed by atoms with E-state index in [1.165, 1.54) is 0 Å². The Hall–Kier alpha value is -4.29. The van der Waals surface area contributed by atoms with Crippen LogP contribution in [0.4, 0.5) is 13.2 Å². The molecule has 0 saturated heterocycles. The van der Waals surface area contributed by atoms with Gasteiger partial charge in [0.2, 0.25) is 0 Å². The number of carboxylic acids is 2. The number of alkyl halides is 3. The summed E-state index contributed by atoms with van der Waals surface area (Å²) in [5.74, 6) is -1.37. The summed E-state index contributed by atoms with van der Waals surface area (Å²) in [6.45, 7) is 1.25. The number of aliphatic hydroxyl groups excluding tert-OH is 1. The number of carboxylic acid groups (broad SMARTS) is 2. The molecule has 9 nitrogen and oxygen atoms in total. The molecule has 0 amide bonds. The monoisotopic (exact) mass is 577 g/mol. The molecule has 0 fully saturated rings. The van der Waals surface area contributed by atoms with Crippen molar-refractivity contribution < 1.29 is 52.3 Å². The summed E-state index contributed by atoms with van der Waals surface area (Å²) < 4.78 is 48.6. The van der Waals surface area contributed by atoms with E-state index in [9.17, 15) is 23.1 Å². The molecule has 220 valence electrons. The molecule has 0 aromatic heterocycles. The summed E-state index contributed by atoms with van der Waals surface area (Å²) in [6.07, 6.45) is -3.91. The highest BCUT2D eigenvalue weighted by atomic mass is 19.4. The molecule has 1 heterocycles. The maximum absolute atomic E-state index is 11.0. The largest absolute Gasteiger partial charge is 0.497 e. The van der Waals surface area contributed by atoms with E-state index in [0.717, 1.165) is 41.0 Å². The topological polar surface area (TPSA) is 135 Å². The van der Waals surface area contributed by atoms with Crippen LogP contribution in [0.3, 0.4) is 0 Å². The predicted octanol–water partition coefficient (Wildman–Crippen LogP) is 4.42. The van der Waals surface area contributed by atoms with Gasteiger partial charge < -0.3 is 34.8 Å². The van der Waals surface area contributed by atoms with Crippen molar-refractivity contribution in [1.29, 1.82) is 0 Å². The van der Waals surface area contributed by atoms with Gasteiger partial charge in [-0.3, -0.25) is 0 Å². The number of ether oxygens (including phenoxy) is 3. The molecule has 0 spiro atoms. The average molecular weight is 578 g/mol. The first kappa shape index (κ1) is 31.2. The molecular weight excluding hydrogens is 547 g/mol. The Bertz CT molecular complexity index is 1300. The molecule has 0 bridgehead atoms. The van der Waals surface area contributed by atoms with Crippen molar-refractivity contribution in [3.05, 3.63) is 77.9 Å². The minimum atomic E-state index is -5.08. The van der Waals surface area contributed by atoms with Crippen molar-refractivity contribution >= 4 is 11.9 Å². The highest BCUT2D eigenvalue weighted by Crippen LogP contribution is 2.32. The summed E-state index contributed by atoms with van der Waals surface area (Å²) in [6, 6.07) is 20.2. The molecule has 2 atom stereocenters. The minimum Gasteiger partial charge on any atom is -0.497 e.